The van der Waals surface area contributed by atoms with Crippen molar-refractivity contribution < 1.29 is 0 Å². The first-order valence-electron chi connectivity index (χ1n) is 11.0. The molecule has 2 N–H and O–H groups in total. The van der Waals surface area contributed by atoms with Crippen LogP contribution < -0.4 is 0 Å². The van der Waals surface area contributed by atoms with Gasteiger partial charge >= 0.3 is 0 Å². The van der Waals surface area contributed by atoms with Crippen LogP contribution >= 0.6 is 0 Å². The minimum absolute atomic E-state index is 1.18. The number of rotatable bonds is 2. The summed E-state index contributed by atoms with van der Waals surface area (Å²) in [5.41, 5.74) is 9.66. The summed E-state index contributed by atoms with van der Waals surface area (Å²) < 4.78 is 0. The van der Waals surface area contributed by atoms with Crippen molar-refractivity contribution in [3.8, 4) is 22.3 Å². The zero-order valence-corrected chi connectivity index (χ0v) is 17.4. The van der Waals surface area contributed by atoms with Gasteiger partial charge in [-0.3, -0.25) is 0 Å². The summed E-state index contributed by atoms with van der Waals surface area (Å²) in [5.74, 6) is 0. The third kappa shape index (κ3) is 2.60. The maximum Gasteiger partial charge on any atom is 0.0465 e. The van der Waals surface area contributed by atoms with E-state index in [9.17, 15) is 0 Å². The van der Waals surface area contributed by atoms with Crippen LogP contribution in [0.3, 0.4) is 0 Å². The Hall–Kier alpha value is -4.30. The molecule has 5 aromatic carbocycles. The van der Waals surface area contributed by atoms with E-state index in [4.69, 9.17) is 0 Å². The normalized spacial score (nSPS) is 11.8. The van der Waals surface area contributed by atoms with Gasteiger partial charge in [0.25, 0.3) is 0 Å². The third-order valence-corrected chi connectivity index (χ3v) is 6.56. The molecule has 0 bridgehead atoms. The number of nitrogens with one attached hydrogen (secondary N) is 2. The lowest BCUT2D eigenvalue weighted by atomic mass is 9.98. The summed E-state index contributed by atoms with van der Waals surface area (Å²) in [6, 6.07) is 39.2. The fourth-order valence-corrected chi connectivity index (χ4v) is 4.91. The van der Waals surface area contributed by atoms with Crippen molar-refractivity contribution in [1.82, 2.24) is 9.97 Å². The van der Waals surface area contributed by atoms with Gasteiger partial charge in [0.15, 0.2) is 0 Å². The largest absolute Gasteiger partial charge is 0.355 e. The van der Waals surface area contributed by atoms with Crippen LogP contribution in [-0.2, 0) is 0 Å². The maximum atomic E-state index is 3.51. The first-order chi connectivity index (χ1) is 15.8. The van der Waals surface area contributed by atoms with Gasteiger partial charge in [-0.25, -0.2) is 0 Å². The number of benzene rings is 5. The van der Waals surface area contributed by atoms with Crippen LogP contribution in [-0.4, -0.2) is 9.97 Å². The van der Waals surface area contributed by atoms with Gasteiger partial charge in [0.2, 0.25) is 0 Å². The van der Waals surface area contributed by atoms with Crippen LogP contribution in [0.4, 0.5) is 0 Å². The molecule has 32 heavy (non-hydrogen) atoms. The number of fused-ring (bicyclic) bond motifs is 6. The highest BCUT2D eigenvalue weighted by atomic mass is 14.7. The van der Waals surface area contributed by atoms with Crippen molar-refractivity contribution in [3.63, 3.8) is 0 Å². The molecule has 2 aromatic heterocycles. The molecule has 0 spiro atoms. The molecule has 0 aliphatic carbocycles. The Morgan fingerprint density at radius 2 is 0.688 bits per heavy atom. The Morgan fingerprint density at radius 3 is 1.16 bits per heavy atom. The second-order valence-corrected chi connectivity index (χ2v) is 8.44. The minimum atomic E-state index is 1.18. The molecule has 0 unspecified atom stereocenters. The van der Waals surface area contributed by atoms with E-state index in [2.05, 4.69) is 119 Å². The van der Waals surface area contributed by atoms with E-state index < -0.39 is 0 Å². The average Bonchev–Trinajstić information content (AvgIpc) is 3.41. The van der Waals surface area contributed by atoms with E-state index in [1.807, 2.05) is 0 Å². The summed E-state index contributed by atoms with van der Waals surface area (Å²) in [6.07, 6.45) is 0. The molecule has 2 heteroatoms. The fraction of sp³-hybridized carbons (Fsp3) is 0. The van der Waals surface area contributed by atoms with Crippen molar-refractivity contribution in [2.24, 2.45) is 0 Å². The summed E-state index contributed by atoms with van der Waals surface area (Å²) in [6.45, 7) is 0. The Balaban J connectivity index is 1.30. The van der Waals surface area contributed by atoms with Gasteiger partial charge in [-0.15, -0.1) is 0 Å². The predicted octanol–water partition coefficient (Wildman–Crippen LogP) is 8.29. The first kappa shape index (κ1) is 17.4. The Kier molecular flexibility index (Phi) is 3.58. The molecule has 0 amide bonds. The molecule has 150 valence electrons. The van der Waals surface area contributed by atoms with Gasteiger partial charge in [0.05, 0.1) is 0 Å². The van der Waals surface area contributed by atoms with E-state index in [1.54, 1.807) is 0 Å². The quantitative estimate of drug-likeness (QED) is 0.288. The average molecular weight is 409 g/mol. The lowest BCUT2D eigenvalue weighted by molar-refractivity contribution is 1.54. The summed E-state index contributed by atoms with van der Waals surface area (Å²) in [4.78, 5) is 7.02. The van der Waals surface area contributed by atoms with Gasteiger partial charge in [-0.2, -0.15) is 0 Å². The summed E-state index contributed by atoms with van der Waals surface area (Å²) in [7, 11) is 0. The van der Waals surface area contributed by atoms with Gasteiger partial charge in [-0.05, 0) is 58.7 Å². The standard InChI is InChI=1S/C30H20N2/c1-3-7-27-23(5-1)25-17-21(13-15-29(25)31-27)19-9-11-20(12-10-19)22-14-16-30-26(18-22)24-6-2-4-8-28(24)32-30/h1-18,31-32H. The van der Waals surface area contributed by atoms with E-state index >= 15 is 0 Å². The van der Waals surface area contributed by atoms with Crippen LogP contribution in [0.1, 0.15) is 0 Å². The van der Waals surface area contributed by atoms with Crippen molar-refractivity contribution in [2.45, 2.75) is 0 Å². The van der Waals surface area contributed by atoms with Crippen LogP contribution in [0.2, 0.25) is 0 Å². The van der Waals surface area contributed by atoms with Crippen molar-refractivity contribution >= 4 is 43.6 Å². The SMILES string of the molecule is c1ccc2c(c1)[nH]c1ccc(-c3ccc(-c4ccc5[nH]c6ccccc6c5c4)cc3)cc12. The molecular formula is C30H20N2. The third-order valence-electron chi connectivity index (χ3n) is 6.56. The molecular weight excluding hydrogens is 388 g/mol. The van der Waals surface area contributed by atoms with E-state index in [0.29, 0.717) is 0 Å². The van der Waals surface area contributed by atoms with Gasteiger partial charge in [0, 0.05) is 43.6 Å². The Morgan fingerprint density at radius 1 is 0.312 bits per heavy atom. The Bertz CT molecular complexity index is 1630. The van der Waals surface area contributed by atoms with Crippen LogP contribution in [0.25, 0.3) is 65.9 Å². The lowest BCUT2D eigenvalue weighted by Gasteiger charge is -2.06. The number of hydrogen-bond acceptors (Lipinski definition) is 0. The van der Waals surface area contributed by atoms with Gasteiger partial charge < -0.3 is 9.97 Å². The molecule has 2 nitrogen and oxygen atoms in total. The smallest absolute Gasteiger partial charge is 0.0465 e. The predicted molar refractivity (Wildman–Crippen MR) is 136 cm³/mol. The highest BCUT2D eigenvalue weighted by Crippen LogP contribution is 2.33. The molecule has 0 aliphatic rings. The molecule has 0 saturated carbocycles. The topological polar surface area (TPSA) is 31.6 Å². The van der Waals surface area contributed by atoms with E-state index in [1.165, 1.54) is 65.9 Å². The monoisotopic (exact) mass is 408 g/mol. The van der Waals surface area contributed by atoms with Crippen LogP contribution in [0.5, 0.6) is 0 Å². The number of aromatic nitrogens is 2. The summed E-state index contributed by atoms with van der Waals surface area (Å²) in [5, 5.41) is 5.08. The number of H-pyrrole nitrogens is 2. The highest BCUT2D eigenvalue weighted by Gasteiger charge is 2.08. The minimum Gasteiger partial charge on any atom is -0.355 e. The molecule has 0 aliphatic heterocycles. The second kappa shape index (κ2) is 6.60. The number of para-hydroxylation sites is 2. The summed E-state index contributed by atoms with van der Waals surface area (Å²) >= 11 is 0. The lowest BCUT2D eigenvalue weighted by Crippen LogP contribution is -1.81. The first-order valence-corrected chi connectivity index (χ1v) is 11.0. The second-order valence-electron chi connectivity index (χ2n) is 8.44. The van der Waals surface area contributed by atoms with Gasteiger partial charge in [0.1, 0.15) is 0 Å². The van der Waals surface area contributed by atoms with Crippen molar-refractivity contribution in [2.75, 3.05) is 0 Å². The van der Waals surface area contributed by atoms with Crippen LogP contribution in [0.15, 0.2) is 109 Å². The molecule has 2 heterocycles. The van der Waals surface area contributed by atoms with E-state index in [-0.39, 0.29) is 0 Å². The van der Waals surface area contributed by atoms with Crippen molar-refractivity contribution in [3.05, 3.63) is 109 Å². The molecule has 0 saturated heterocycles. The molecule has 7 aromatic rings. The van der Waals surface area contributed by atoms with E-state index in [0.717, 1.165) is 0 Å². The molecule has 0 radical (unpaired) electrons. The molecule has 0 atom stereocenters. The molecule has 0 fully saturated rings. The fourth-order valence-electron chi connectivity index (χ4n) is 4.91. The highest BCUT2D eigenvalue weighted by molar-refractivity contribution is 6.09. The maximum absolute atomic E-state index is 3.51. The zero-order valence-electron chi connectivity index (χ0n) is 17.4. The zero-order chi connectivity index (χ0) is 21.1. The Labute approximate surface area is 185 Å². The number of hydrogen-bond donors (Lipinski definition) is 2. The van der Waals surface area contributed by atoms with Crippen molar-refractivity contribution in [1.29, 1.82) is 0 Å². The number of aromatic amines is 2. The van der Waals surface area contributed by atoms with Crippen LogP contribution in [0, 0.1) is 0 Å². The molecule has 7 rings (SSSR count). The van der Waals surface area contributed by atoms with Gasteiger partial charge in [-0.1, -0.05) is 72.8 Å².